The summed E-state index contributed by atoms with van der Waals surface area (Å²) in [4.78, 5) is 0. The Hall–Kier alpha value is -0.400. The van der Waals surface area contributed by atoms with Crippen molar-refractivity contribution >= 4 is 0 Å². The molecule has 10 heteroatoms. The van der Waals surface area contributed by atoms with Crippen LogP contribution in [0.15, 0.2) is 0 Å². The largest absolute Gasteiger partial charge is 0.394 e. The van der Waals surface area contributed by atoms with Gasteiger partial charge in [0.25, 0.3) is 0 Å². The number of rotatable bonds is 39. The van der Waals surface area contributed by atoms with Gasteiger partial charge in [-0.1, -0.05) is 77.6 Å². The van der Waals surface area contributed by atoms with E-state index < -0.39 is 0 Å². The second-order valence-electron chi connectivity index (χ2n) is 13.3. The van der Waals surface area contributed by atoms with Gasteiger partial charge in [0, 0.05) is 6.61 Å². The maximum atomic E-state index is 8.66. The zero-order chi connectivity index (χ0) is 35.5. The molecule has 0 saturated carbocycles. The van der Waals surface area contributed by atoms with Gasteiger partial charge in [0.05, 0.1) is 116 Å². The van der Waals surface area contributed by atoms with Crippen molar-refractivity contribution in [2.45, 2.75) is 162 Å². The van der Waals surface area contributed by atoms with Crippen LogP contribution in [0.5, 0.6) is 0 Å². The quantitative estimate of drug-likeness (QED) is 0.0667. The monoisotopic (exact) mass is 695 g/mol. The predicted octanol–water partition coefficient (Wildman–Crippen LogP) is 7.16. The van der Waals surface area contributed by atoms with E-state index in [4.69, 9.17) is 47.7 Å². The van der Waals surface area contributed by atoms with Crippen LogP contribution < -0.4 is 0 Å². The zero-order valence-electron chi connectivity index (χ0n) is 32.3. The van der Waals surface area contributed by atoms with Gasteiger partial charge in [0.1, 0.15) is 0 Å². The summed E-state index contributed by atoms with van der Waals surface area (Å²) < 4.78 is 51.7. The van der Waals surface area contributed by atoms with Crippen LogP contribution in [0.25, 0.3) is 0 Å². The van der Waals surface area contributed by atoms with Crippen LogP contribution in [0.1, 0.15) is 126 Å². The van der Waals surface area contributed by atoms with Crippen LogP contribution in [-0.2, 0) is 42.6 Å². The summed E-state index contributed by atoms with van der Waals surface area (Å²) in [6.45, 7) is 20.6. The van der Waals surface area contributed by atoms with Gasteiger partial charge in [-0.15, -0.1) is 0 Å². The molecule has 6 atom stereocenters. The second-order valence-corrected chi connectivity index (χ2v) is 13.3. The van der Waals surface area contributed by atoms with E-state index in [1.165, 1.54) is 70.6 Å². The first-order valence-electron chi connectivity index (χ1n) is 19.3. The molecule has 6 unspecified atom stereocenters. The van der Waals surface area contributed by atoms with Gasteiger partial charge in [0.2, 0.25) is 0 Å². The zero-order valence-corrected chi connectivity index (χ0v) is 32.3. The van der Waals surface area contributed by atoms with Gasteiger partial charge >= 0.3 is 0 Å². The fourth-order valence-electron chi connectivity index (χ4n) is 4.78. The van der Waals surface area contributed by atoms with Gasteiger partial charge in [-0.3, -0.25) is 0 Å². The van der Waals surface area contributed by atoms with E-state index in [2.05, 4.69) is 13.8 Å². The highest BCUT2D eigenvalue weighted by Gasteiger charge is 2.13. The molecule has 0 saturated heterocycles. The lowest BCUT2D eigenvalue weighted by molar-refractivity contribution is -0.105. The van der Waals surface area contributed by atoms with Gasteiger partial charge in [-0.05, 0) is 48.0 Å². The fourth-order valence-corrected chi connectivity index (χ4v) is 4.78. The van der Waals surface area contributed by atoms with Gasteiger partial charge in [0.15, 0.2) is 0 Å². The summed E-state index contributed by atoms with van der Waals surface area (Å²) in [7, 11) is 0. The minimum absolute atomic E-state index is 0.0163. The number of hydrogen-bond acceptors (Lipinski definition) is 10. The summed E-state index contributed by atoms with van der Waals surface area (Å²) in [6, 6.07) is 0. The minimum atomic E-state index is -0.0535. The van der Waals surface area contributed by atoms with Crippen LogP contribution >= 0.6 is 0 Å². The molecule has 0 rings (SSSR count). The van der Waals surface area contributed by atoms with Crippen LogP contribution in [0.4, 0.5) is 0 Å². The topological polar surface area (TPSA) is 103 Å². The Morgan fingerprint density at radius 2 is 0.667 bits per heavy atom. The third-order valence-corrected chi connectivity index (χ3v) is 7.81. The Morgan fingerprint density at radius 1 is 0.333 bits per heavy atom. The van der Waals surface area contributed by atoms with Crippen molar-refractivity contribution in [3.8, 4) is 0 Å². The second kappa shape index (κ2) is 36.4. The van der Waals surface area contributed by atoms with Crippen molar-refractivity contribution in [1.29, 1.82) is 0 Å². The average Bonchev–Trinajstić information content (AvgIpc) is 3.08. The highest BCUT2D eigenvalue weighted by atomic mass is 16.6. The summed E-state index contributed by atoms with van der Waals surface area (Å²) in [5.41, 5.74) is 0. The van der Waals surface area contributed by atoms with Gasteiger partial charge in [-0.2, -0.15) is 0 Å². The fraction of sp³-hybridized carbons (Fsp3) is 1.00. The normalized spacial score (nSPS) is 15.8. The molecular formula is C38H78O10. The van der Waals surface area contributed by atoms with Crippen LogP contribution in [0, 0.1) is 0 Å². The SMILES string of the molecule is CCCCCCCCCCCCCCOCC(C)OCC(C)OCC(C)OCC(C)OCC(C)OCC(C)OCCOCCOCCO. The lowest BCUT2D eigenvalue weighted by Gasteiger charge is -2.22. The molecule has 0 fully saturated rings. The maximum Gasteiger partial charge on any atom is 0.0781 e. The van der Waals surface area contributed by atoms with Crippen molar-refractivity contribution in [1.82, 2.24) is 0 Å². The molecule has 0 aromatic carbocycles. The molecule has 0 aromatic heterocycles. The molecular weight excluding hydrogens is 616 g/mol. The molecule has 290 valence electrons. The molecule has 10 nitrogen and oxygen atoms in total. The third kappa shape index (κ3) is 35.4. The first-order valence-corrected chi connectivity index (χ1v) is 19.3. The molecule has 0 aliphatic heterocycles. The number of ether oxygens (including phenoxy) is 9. The summed E-state index contributed by atoms with van der Waals surface area (Å²) >= 11 is 0. The first-order chi connectivity index (χ1) is 23.3. The molecule has 48 heavy (non-hydrogen) atoms. The molecule has 0 aliphatic carbocycles. The van der Waals surface area contributed by atoms with Gasteiger partial charge in [-0.25, -0.2) is 0 Å². The van der Waals surface area contributed by atoms with E-state index in [-0.39, 0.29) is 43.2 Å². The van der Waals surface area contributed by atoms with Crippen LogP contribution in [0.2, 0.25) is 0 Å². The summed E-state index contributed by atoms with van der Waals surface area (Å²) in [6.07, 6.45) is 16.1. The van der Waals surface area contributed by atoms with E-state index in [0.717, 1.165) is 13.0 Å². The number of aliphatic hydroxyl groups excluding tert-OH is 1. The van der Waals surface area contributed by atoms with Crippen molar-refractivity contribution in [2.24, 2.45) is 0 Å². The molecule has 0 spiro atoms. The Balaban J connectivity index is 3.63. The Bertz CT molecular complexity index is 628. The number of hydrogen-bond donors (Lipinski definition) is 1. The van der Waals surface area contributed by atoms with Crippen molar-refractivity contribution in [3.05, 3.63) is 0 Å². The molecule has 0 heterocycles. The first kappa shape index (κ1) is 47.6. The molecule has 0 aromatic rings. The van der Waals surface area contributed by atoms with E-state index in [1.54, 1.807) is 0 Å². The van der Waals surface area contributed by atoms with E-state index in [9.17, 15) is 0 Å². The number of aliphatic hydroxyl groups is 1. The number of unbranched alkanes of at least 4 members (excludes halogenated alkanes) is 11. The third-order valence-electron chi connectivity index (χ3n) is 7.81. The lowest BCUT2D eigenvalue weighted by atomic mass is 10.1. The summed E-state index contributed by atoms with van der Waals surface area (Å²) in [5.74, 6) is 0. The van der Waals surface area contributed by atoms with Crippen molar-refractivity contribution in [3.63, 3.8) is 0 Å². The van der Waals surface area contributed by atoms with Crippen LogP contribution in [0.3, 0.4) is 0 Å². The maximum absolute atomic E-state index is 8.66. The lowest BCUT2D eigenvalue weighted by Crippen LogP contribution is -2.30. The van der Waals surface area contributed by atoms with Gasteiger partial charge < -0.3 is 47.7 Å². The molecule has 0 bridgehead atoms. The Labute approximate surface area is 295 Å². The Kier molecular flexibility index (Phi) is 36.1. The predicted molar refractivity (Wildman–Crippen MR) is 193 cm³/mol. The van der Waals surface area contributed by atoms with E-state index in [0.29, 0.717) is 72.7 Å². The molecule has 0 radical (unpaired) electrons. The minimum Gasteiger partial charge on any atom is -0.394 e. The van der Waals surface area contributed by atoms with Crippen molar-refractivity contribution < 1.29 is 47.7 Å². The van der Waals surface area contributed by atoms with Crippen molar-refractivity contribution in [2.75, 3.05) is 85.9 Å². The summed E-state index contributed by atoms with van der Waals surface area (Å²) in [5, 5.41) is 8.66. The van der Waals surface area contributed by atoms with E-state index >= 15 is 0 Å². The van der Waals surface area contributed by atoms with Crippen LogP contribution in [-0.4, -0.2) is 128 Å². The Morgan fingerprint density at radius 3 is 1.08 bits per heavy atom. The molecule has 0 aliphatic rings. The smallest absolute Gasteiger partial charge is 0.0781 e. The average molecular weight is 695 g/mol. The van der Waals surface area contributed by atoms with E-state index in [1.807, 2.05) is 34.6 Å². The standard InChI is InChI=1S/C38H78O10/c1-8-9-10-11-12-13-14-15-16-17-18-19-21-42-27-33(2)44-29-35(4)46-31-37(6)48-32-38(7)47-30-36(5)45-28-34(3)43-26-25-41-24-23-40-22-20-39/h33-39H,8-32H2,1-7H3. The highest BCUT2D eigenvalue weighted by molar-refractivity contribution is 4.59. The highest BCUT2D eigenvalue weighted by Crippen LogP contribution is 2.12. The molecule has 0 amide bonds. The molecule has 1 N–H and O–H groups in total.